The summed E-state index contributed by atoms with van der Waals surface area (Å²) >= 11 is 1.59. The zero-order valence-corrected chi connectivity index (χ0v) is 13.2. The van der Waals surface area contributed by atoms with Gasteiger partial charge in [-0.3, -0.25) is 0 Å². The largest absolute Gasteiger partial charge is 0.383 e. The minimum absolute atomic E-state index is 0.240. The third-order valence-electron chi connectivity index (χ3n) is 3.46. The lowest BCUT2D eigenvalue weighted by Crippen LogP contribution is -2.00. The molecule has 3 aromatic rings. The number of rotatable bonds is 3. The number of pyridine rings is 1. The highest BCUT2D eigenvalue weighted by Gasteiger charge is 2.18. The Balaban J connectivity index is 2.25. The molecule has 0 saturated heterocycles. The number of nitrogens with one attached hydrogen (secondary N) is 1. The van der Waals surface area contributed by atoms with Crippen LogP contribution in [-0.4, -0.2) is 15.0 Å². The molecule has 0 bridgehead atoms. The number of thiophene rings is 1. The average molecular weight is 309 g/mol. The van der Waals surface area contributed by atoms with Gasteiger partial charge in [-0.1, -0.05) is 13.0 Å². The minimum Gasteiger partial charge on any atom is -0.383 e. The highest BCUT2D eigenvalue weighted by atomic mass is 32.1. The summed E-state index contributed by atoms with van der Waals surface area (Å²) in [6.07, 6.45) is 0.807. The molecule has 0 aromatic carbocycles. The van der Waals surface area contributed by atoms with Crippen LogP contribution in [0, 0.1) is 18.3 Å². The summed E-state index contributed by atoms with van der Waals surface area (Å²) in [5.41, 5.74) is 9.56. The number of aryl methyl sites for hydroxylation is 2. The molecule has 3 N–H and O–H groups in total. The van der Waals surface area contributed by atoms with E-state index in [1.807, 2.05) is 37.4 Å². The molecule has 5 nitrogen and oxygen atoms in total. The summed E-state index contributed by atoms with van der Waals surface area (Å²) in [4.78, 5) is 13.2. The van der Waals surface area contributed by atoms with Gasteiger partial charge in [0.15, 0.2) is 0 Å². The summed E-state index contributed by atoms with van der Waals surface area (Å²) in [6.45, 7) is 3.98. The Bertz CT molecular complexity index is 856. The van der Waals surface area contributed by atoms with Crippen molar-refractivity contribution in [2.75, 3.05) is 5.73 Å². The first-order valence-corrected chi connectivity index (χ1v) is 7.82. The van der Waals surface area contributed by atoms with Gasteiger partial charge in [-0.25, -0.2) is 9.97 Å². The first-order chi connectivity index (χ1) is 10.6. The van der Waals surface area contributed by atoms with Gasteiger partial charge in [0.2, 0.25) is 0 Å². The number of nitrogens with zero attached hydrogens (tertiary/aromatic N) is 3. The Hall–Kier alpha value is -2.65. The maximum absolute atomic E-state index is 9.43. The monoisotopic (exact) mass is 309 g/mol. The summed E-state index contributed by atoms with van der Waals surface area (Å²) in [5, 5.41) is 11.4. The van der Waals surface area contributed by atoms with Crippen molar-refractivity contribution in [2.45, 2.75) is 20.3 Å². The molecule has 3 rings (SSSR count). The fraction of sp³-hybridized carbons (Fsp3) is 0.188. The van der Waals surface area contributed by atoms with Crippen molar-refractivity contribution in [3.8, 4) is 27.9 Å². The number of hydrogen-bond donors (Lipinski definition) is 2. The van der Waals surface area contributed by atoms with Crippen LogP contribution in [0.2, 0.25) is 0 Å². The smallest absolute Gasteiger partial charge is 0.142 e. The Morgan fingerprint density at radius 3 is 2.82 bits per heavy atom. The first kappa shape index (κ1) is 14.3. The van der Waals surface area contributed by atoms with E-state index in [0.29, 0.717) is 5.56 Å². The Kier molecular flexibility index (Phi) is 3.65. The number of nitrogen functional groups attached to an aromatic ring is 1. The molecule has 0 saturated carbocycles. The van der Waals surface area contributed by atoms with E-state index in [1.165, 1.54) is 0 Å². The highest BCUT2D eigenvalue weighted by molar-refractivity contribution is 7.13. The summed E-state index contributed by atoms with van der Waals surface area (Å²) < 4.78 is 0. The van der Waals surface area contributed by atoms with Crippen LogP contribution in [0.5, 0.6) is 0 Å². The summed E-state index contributed by atoms with van der Waals surface area (Å²) in [7, 11) is 0. The fourth-order valence-electron chi connectivity index (χ4n) is 2.37. The number of imidazole rings is 1. The van der Waals surface area contributed by atoms with Crippen LogP contribution in [0.15, 0.2) is 23.6 Å². The minimum atomic E-state index is 0.240. The molecular formula is C16H15N5S. The number of nitrogens with two attached hydrogens (primary N) is 1. The van der Waals surface area contributed by atoms with Gasteiger partial charge in [0.25, 0.3) is 0 Å². The highest BCUT2D eigenvalue weighted by Crippen LogP contribution is 2.33. The molecule has 0 amide bonds. The zero-order chi connectivity index (χ0) is 15.7. The van der Waals surface area contributed by atoms with Crippen LogP contribution in [0.4, 0.5) is 5.82 Å². The van der Waals surface area contributed by atoms with E-state index < -0.39 is 0 Å². The lowest BCUT2D eigenvalue weighted by Gasteiger charge is -2.08. The molecule has 110 valence electrons. The molecule has 3 heterocycles. The lowest BCUT2D eigenvalue weighted by atomic mass is 10.0. The number of anilines is 1. The molecule has 3 aromatic heterocycles. The predicted molar refractivity (Wildman–Crippen MR) is 88.4 cm³/mol. The van der Waals surface area contributed by atoms with Crippen LogP contribution < -0.4 is 5.73 Å². The molecule has 0 spiro atoms. The van der Waals surface area contributed by atoms with E-state index in [1.54, 1.807) is 11.3 Å². The summed E-state index contributed by atoms with van der Waals surface area (Å²) in [6, 6.07) is 7.99. The second-order valence-electron chi connectivity index (χ2n) is 4.92. The third kappa shape index (κ3) is 2.36. The number of nitriles is 1. The zero-order valence-electron chi connectivity index (χ0n) is 12.3. The van der Waals surface area contributed by atoms with Crippen LogP contribution in [0.25, 0.3) is 21.8 Å². The maximum Gasteiger partial charge on any atom is 0.142 e. The van der Waals surface area contributed by atoms with Crippen LogP contribution in [0.3, 0.4) is 0 Å². The van der Waals surface area contributed by atoms with Crippen molar-refractivity contribution < 1.29 is 0 Å². The molecule has 0 atom stereocenters. The number of aromatic amines is 1. The molecule has 0 radical (unpaired) electrons. The normalized spacial score (nSPS) is 10.6. The van der Waals surface area contributed by atoms with Gasteiger partial charge in [0.05, 0.1) is 16.3 Å². The molecule has 0 aliphatic rings. The second kappa shape index (κ2) is 5.62. The molecule has 0 aliphatic carbocycles. The number of hydrogen-bond acceptors (Lipinski definition) is 5. The average Bonchev–Trinajstić information content (AvgIpc) is 3.15. The molecule has 0 unspecified atom stereocenters. The van der Waals surface area contributed by atoms with Gasteiger partial charge in [0, 0.05) is 17.7 Å². The molecule has 22 heavy (non-hydrogen) atoms. The van der Waals surface area contributed by atoms with Crippen molar-refractivity contribution in [3.63, 3.8) is 0 Å². The SMILES string of the molecule is CCc1nc(-c2cc(-c3cccs3)nc(N)c2C#N)c(C)[nH]1. The van der Waals surface area contributed by atoms with Crippen molar-refractivity contribution in [3.05, 3.63) is 40.7 Å². The van der Waals surface area contributed by atoms with E-state index in [4.69, 9.17) is 5.73 Å². The van der Waals surface area contributed by atoms with E-state index in [0.717, 1.165) is 39.8 Å². The van der Waals surface area contributed by atoms with E-state index >= 15 is 0 Å². The van der Waals surface area contributed by atoms with E-state index in [-0.39, 0.29) is 5.82 Å². The van der Waals surface area contributed by atoms with Crippen LogP contribution >= 0.6 is 11.3 Å². The third-order valence-corrected chi connectivity index (χ3v) is 4.35. The van der Waals surface area contributed by atoms with Crippen LogP contribution in [-0.2, 0) is 6.42 Å². The molecule has 6 heteroatoms. The first-order valence-electron chi connectivity index (χ1n) is 6.94. The number of H-pyrrole nitrogens is 1. The molecule has 0 fully saturated rings. The van der Waals surface area contributed by atoms with Crippen molar-refractivity contribution in [1.82, 2.24) is 15.0 Å². The van der Waals surface area contributed by atoms with Crippen molar-refractivity contribution >= 4 is 17.2 Å². The van der Waals surface area contributed by atoms with Gasteiger partial charge in [0.1, 0.15) is 23.3 Å². The molecule has 0 aliphatic heterocycles. The standard InChI is InChI=1S/C16H15N5S/c1-3-14-19-9(2)15(21-14)10-7-12(13-5-4-6-22-13)20-16(18)11(10)8-17/h4-7H,3H2,1-2H3,(H2,18,20)(H,19,21). The van der Waals surface area contributed by atoms with Crippen molar-refractivity contribution in [2.24, 2.45) is 0 Å². The topological polar surface area (TPSA) is 91.4 Å². The van der Waals surface area contributed by atoms with Gasteiger partial charge in [-0.15, -0.1) is 11.3 Å². The van der Waals surface area contributed by atoms with E-state index in [9.17, 15) is 5.26 Å². The lowest BCUT2D eigenvalue weighted by molar-refractivity contribution is 0.982. The Labute approximate surface area is 132 Å². The Morgan fingerprint density at radius 1 is 1.41 bits per heavy atom. The van der Waals surface area contributed by atoms with Gasteiger partial charge in [-0.2, -0.15) is 5.26 Å². The van der Waals surface area contributed by atoms with E-state index in [2.05, 4.69) is 21.0 Å². The van der Waals surface area contributed by atoms with Gasteiger partial charge in [-0.05, 0) is 24.4 Å². The number of aromatic nitrogens is 3. The predicted octanol–water partition coefficient (Wildman–Crippen LogP) is 3.52. The van der Waals surface area contributed by atoms with Crippen molar-refractivity contribution in [1.29, 1.82) is 5.26 Å². The summed E-state index contributed by atoms with van der Waals surface area (Å²) in [5.74, 6) is 1.13. The second-order valence-corrected chi connectivity index (χ2v) is 5.86. The fourth-order valence-corrected chi connectivity index (χ4v) is 3.06. The molecular weight excluding hydrogens is 294 g/mol. The quantitative estimate of drug-likeness (QED) is 0.774. The van der Waals surface area contributed by atoms with Gasteiger partial charge < -0.3 is 10.7 Å². The maximum atomic E-state index is 9.43. The van der Waals surface area contributed by atoms with Crippen LogP contribution in [0.1, 0.15) is 24.0 Å². The van der Waals surface area contributed by atoms with Gasteiger partial charge >= 0.3 is 0 Å². The Morgan fingerprint density at radius 2 is 2.23 bits per heavy atom.